The first-order chi connectivity index (χ1) is 11.4. The van der Waals surface area contributed by atoms with Gasteiger partial charge in [0.2, 0.25) is 11.5 Å². The molecule has 0 aromatic carbocycles. The Morgan fingerprint density at radius 2 is 1.83 bits per heavy atom. The van der Waals surface area contributed by atoms with Crippen LogP contribution in [0.4, 0.5) is 0 Å². The highest BCUT2D eigenvalue weighted by molar-refractivity contribution is 5.97. The van der Waals surface area contributed by atoms with Crippen LogP contribution in [-0.4, -0.2) is 31.2 Å². The van der Waals surface area contributed by atoms with Gasteiger partial charge in [0.15, 0.2) is 5.76 Å². The molecule has 0 aromatic heterocycles. The summed E-state index contributed by atoms with van der Waals surface area (Å²) >= 11 is 0. The Morgan fingerprint density at radius 1 is 1.17 bits per heavy atom. The Labute approximate surface area is 146 Å². The van der Waals surface area contributed by atoms with Gasteiger partial charge in [-0.15, -0.1) is 0 Å². The lowest BCUT2D eigenvalue weighted by Gasteiger charge is -2.33. The lowest BCUT2D eigenvalue weighted by atomic mass is 9.77. The van der Waals surface area contributed by atoms with Crippen molar-refractivity contribution < 1.29 is 19.4 Å². The Bertz CT molecular complexity index is 528. The number of hydrogen-bond donors (Lipinski definition) is 1. The van der Waals surface area contributed by atoms with Gasteiger partial charge in [-0.1, -0.05) is 37.1 Å². The number of rotatable bonds is 8. The quantitative estimate of drug-likeness (QED) is 0.676. The summed E-state index contributed by atoms with van der Waals surface area (Å²) in [6, 6.07) is 0. The fourth-order valence-corrected chi connectivity index (χ4v) is 3.00. The first-order valence-electron chi connectivity index (χ1n) is 8.72. The number of Topliss-reactive ketones (excluding diaryl/α,β-unsaturated/α-hetero) is 1. The summed E-state index contributed by atoms with van der Waals surface area (Å²) in [4.78, 5) is 12.4. The van der Waals surface area contributed by atoms with Gasteiger partial charge in [-0.05, 0) is 39.5 Å². The van der Waals surface area contributed by atoms with E-state index in [2.05, 4.69) is 32.9 Å². The number of hydrogen-bond acceptors (Lipinski definition) is 4. The molecule has 0 fully saturated rings. The molecule has 1 aliphatic carbocycles. The van der Waals surface area contributed by atoms with Crippen molar-refractivity contribution in [2.45, 2.75) is 59.5 Å². The highest BCUT2D eigenvalue weighted by Gasteiger charge is 2.42. The van der Waals surface area contributed by atoms with E-state index in [1.165, 1.54) is 25.4 Å². The van der Waals surface area contributed by atoms with Crippen LogP contribution in [-0.2, 0) is 14.3 Å². The van der Waals surface area contributed by atoms with E-state index >= 15 is 0 Å². The maximum Gasteiger partial charge on any atom is 0.204 e. The monoisotopic (exact) mass is 336 g/mol. The predicted octanol–water partition coefficient (Wildman–Crippen LogP) is 4.16. The van der Waals surface area contributed by atoms with Crippen LogP contribution in [0.1, 0.15) is 53.4 Å². The molecule has 0 spiro atoms. The van der Waals surface area contributed by atoms with Crippen molar-refractivity contribution in [3.63, 3.8) is 0 Å². The SMILES string of the molecule is CC/C(C)=C/CC/C(C)=C/CC1C(C)C(=O)C(OC)=C(OC)C1O. The summed E-state index contributed by atoms with van der Waals surface area (Å²) < 4.78 is 10.4. The number of aliphatic hydroxyl groups excluding tert-OH is 1. The molecule has 24 heavy (non-hydrogen) atoms. The molecule has 0 amide bonds. The summed E-state index contributed by atoms with van der Waals surface area (Å²) in [6.45, 7) is 8.26. The van der Waals surface area contributed by atoms with E-state index in [-0.39, 0.29) is 29.1 Å². The van der Waals surface area contributed by atoms with E-state index in [0.29, 0.717) is 6.42 Å². The Kier molecular flexibility index (Phi) is 8.26. The summed E-state index contributed by atoms with van der Waals surface area (Å²) in [5.74, 6) is -0.181. The standard InChI is InChI=1S/C20H32O4/c1-7-13(2)9-8-10-14(3)11-12-16-15(4)17(21)19(23-5)20(24-6)18(16)22/h9,11,15-16,18,22H,7-8,10,12H2,1-6H3/b13-9+,14-11+. The average Bonchev–Trinajstić information content (AvgIpc) is 2.57. The van der Waals surface area contributed by atoms with Gasteiger partial charge in [0, 0.05) is 11.8 Å². The van der Waals surface area contributed by atoms with Crippen molar-refractivity contribution >= 4 is 5.78 Å². The van der Waals surface area contributed by atoms with E-state index in [1.54, 1.807) is 0 Å². The van der Waals surface area contributed by atoms with Gasteiger partial charge in [0.25, 0.3) is 0 Å². The number of allylic oxidation sites excluding steroid dienone is 5. The van der Waals surface area contributed by atoms with Crippen LogP contribution in [0.2, 0.25) is 0 Å². The van der Waals surface area contributed by atoms with Crippen LogP contribution in [0.15, 0.2) is 34.8 Å². The molecule has 0 aromatic rings. The number of ketones is 1. The van der Waals surface area contributed by atoms with Crippen molar-refractivity contribution in [1.82, 2.24) is 0 Å². The van der Waals surface area contributed by atoms with E-state index in [9.17, 15) is 9.90 Å². The second-order valence-corrected chi connectivity index (χ2v) is 6.59. The molecule has 4 heteroatoms. The van der Waals surface area contributed by atoms with Gasteiger partial charge in [0.05, 0.1) is 14.2 Å². The molecule has 0 saturated carbocycles. The van der Waals surface area contributed by atoms with Crippen molar-refractivity contribution in [2.24, 2.45) is 11.8 Å². The Hall–Kier alpha value is -1.55. The molecule has 4 nitrogen and oxygen atoms in total. The molecule has 136 valence electrons. The maximum atomic E-state index is 12.4. The molecule has 1 N–H and O–H groups in total. The molecular formula is C20H32O4. The van der Waals surface area contributed by atoms with E-state index in [0.717, 1.165) is 19.3 Å². The van der Waals surface area contributed by atoms with Crippen LogP contribution in [0, 0.1) is 11.8 Å². The molecule has 3 unspecified atom stereocenters. The highest BCUT2D eigenvalue weighted by atomic mass is 16.5. The fraction of sp³-hybridized carbons (Fsp3) is 0.650. The Morgan fingerprint density at radius 3 is 2.38 bits per heavy atom. The van der Waals surface area contributed by atoms with Crippen LogP contribution in [0.5, 0.6) is 0 Å². The smallest absolute Gasteiger partial charge is 0.204 e. The average molecular weight is 336 g/mol. The van der Waals surface area contributed by atoms with Crippen LogP contribution in [0.3, 0.4) is 0 Å². The van der Waals surface area contributed by atoms with Crippen molar-refractivity contribution in [1.29, 1.82) is 0 Å². The largest absolute Gasteiger partial charge is 0.494 e. The molecule has 1 rings (SSSR count). The third kappa shape index (κ3) is 4.97. The van der Waals surface area contributed by atoms with Gasteiger partial charge in [-0.2, -0.15) is 0 Å². The van der Waals surface area contributed by atoms with Crippen LogP contribution < -0.4 is 0 Å². The second kappa shape index (κ2) is 9.67. The molecular weight excluding hydrogens is 304 g/mol. The third-order valence-corrected chi connectivity index (χ3v) is 4.93. The number of carbonyl (C=O) groups excluding carboxylic acids is 1. The first-order valence-corrected chi connectivity index (χ1v) is 8.72. The zero-order chi connectivity index (χ0) is 18.3. The van der Waals surface area contributed by atoms with Crippen LogP contribution >= 0.6 is 0 Å². The number of methoxy groups -OCH3 is 2. The van der Waals surface area contributed by atoms with Crippen molar-refractivity contribution in [2.75, 3.05) is 14.2 Å². The molecule has 0 heterocycles. The summed E-state index contributed by atoms with van der Waals surface area (Å²) in [5.41, 5.74) is 2.69. The van der Waals surface area contributed by atoms with Gasteiger partial charge >= 0.3 is 0 Å². The van der Waals surface area contributed by atoms with Gasteiger partial charge in [-0.25, -0.2) is 0 Å². The minimum Gasteiger partial charge on any atom is -0.494 e. The van der Waals surface area contributed by atoms with Crippen molar-refractivity contribution in [3.05, 3.63) is 34.8 Å². The van der Waals surface area contributed by atoms with E-state index < -0.39 is 6.10 Å². The predicted molar refractivity (Wildman–Crippen MR) is 96.4 cm³/mol. The maximum absolute atomic E-state index is 12.4. The summed E-state index contributed by atoms with van der Waals surface area (Å²) in [6.07, 6.45) is 7.36. The van der Waals surface area contributed by atoms with Gasteiger partial charge in [-0.3, -0.25) is 4.79 Å². The summed E-state index contributed by atoms with van der Waals surface area (Å²) in [5, 5.41) is 10.6. The van der Waals surface area contributed by atoms with Crippen LogP contribution in [0.25, 0.3) is 0 Å². The van der Waals surface area contributed by atoms with E-state index in [4.69, 9.17) is 9.47 Å². The molecule has 0 aliphatic heterocycles. The third-order valence-electron chi connectivity index (χ3n) is 4.93. The molecule has 0 bridgehead atoms. The second-order valence-electron chi connectivity index (χ2n) is 6.59. The minimum absolute atomic E-state index is 0.0998. The normalized spacial score (nSPS) is 26.0. The molecule has 3 atom stereocenters. The highest BCUT2D eigenvalue weighted by Crippen LogP contribution is 2.35. The lowest BCUT2D eigenvalue weighted by molar-refractivity contribution is -0.128. The first kappa shape index (κ1) is 20.5. The minimum atomic E-state index is -0.816. The zero-order valence-corrected chi connectivity index (χ0v) is 15.9. The van der Waals surface area contributed by atoms with E-state index in [1.807, 2.05) is 6.92 Å². The summed E-state index contributed by atoms with van der Waals surface area (Å²) in [7, 11) is 2.89. The number of ether oxygens (including phenoxy) is 2. The van der Waals surface area contributed by atoms with Gasteiger partial charge < -0.3 is 14.6 Å². The topological polar surface area (TPSA) is 55.8 Å². The molecule has 1 aliphatic rings. The molecule has 0 radical (unpaired) electrons. The zero-order valence-electron chi connectivity index (χ0n) is 15.9. The fourth-order valence-electron chi connectivity index (χ4n) is 3.00. The number of carbonyl (C=O) groups is 1. The van der Waals surface area contributed by atoms with Crippen molar-refractivity contribution in [3.8, 4) is 0 Å². The van der Waals surface area contributed by atoms with Gasteiger partial charge in [0.1, 0.15) is 6.10 Å². The number of aliphatic hydroxyl groups is 1. The molecule has 0 saturated heterocycles. The lowest BCUT2D eigenvalue weighted by Crippen LogP contribution is -2.40. The Balaban J connectivity index is 2.78.